The van der Waals surface area contributed by atoms with Crippen LogP contribution in [0, 0.1) is 0 Å². The lowest BCUT2D eigenvalue weighted by molar-refractivity contribution is 0.660. The van der Waals surface area contributed by atoms with E-state index in [-0.39, 0.29) is 5.41 Å². The van der Waals surface area contributed by atoms with Gasteiger partial charge in [-0.15, -0.1) is 0 Å². The van der Waals surface area contributed by atoms with Crippen LogP contribution in [0.1, 0.15) is 43.9 Å². The lowest BCUT2D eigenvalue weighted by Gasteiger charge is -2.21. The molecule has 10 rings (SSSR count). The molecule has 1 aliphatic carbocycles. The van der Waals surface area contributed by atoms with Gasteiger partial charge in [-0.3, -0.25) is 0 Å². The first kappa shape index (κ1) is 37.1. The number of rotatable bonds is 9. The van der Waals surface area contributed by atoms with E-state index in [1.807, 2.05) is 0 Å². The van der Waals surface area contributed by atoms with E-state index in [4.69, 9.17) is 15.0 Å². The van der Waals surface area contributed by atoms with Crippen molar-refractivity contribution in [1.82, 2.24) is 15.0 Å². The van der Waals surface area contributed by atoms with E-state index in [2.05, 4.69) is 215 Å². The van der Waals surface area contributed by atoms with E-state index < -0.39 is 0 Å². The Hall–Kier alpha value is -7.23. The molecule has 8 aromatic carbocycles. The number of hydrogen-bond acceptors (Lipinski definition) is 3. The van der Waals surface area contributed by atoms with Crippen molar-refractivity contribution in [2.45, 2.75) is 39.0 Å². The summed E-state index contributed by atoms with van der Waals surface area (Å²) in [4.78, 5) is 16.1. The maximum atomic E-state index is 5.39. The van der Waals surface area contributed by atoms with E-state index in [1.165, 1.54) is 27.8 Å². The Morgan fingerprint density at radius 1 is 0.333 bits per heavy atom. The van der Waals surface area contributed by atoms with E-state index in [0.29, 0.717) is 17.5 Å². The fraction of sp³-hybridized carbons (Fsp3) is 0.105. The standard InChI is InChI=1S/C57H45N3/c1-4-16-38-25-27-42(28-26-38)47-32-46(41-21-12-7-13-22-41)35-49(36-47)56-59-54(43-29-30-51-50-23-14-15-24-52(50)57(2,3)53(51)37-43)58-55(60-56)48-33-44(39-17-8-5-9-18-39)31-45(34-48)40-19-10-6-11-20-40/h5-15,17-37H,4,16H2,1-3H3. The molecule has 0 aliphatic heterocycles. The van der Waals surface area contributed by atoms with Crippen LogP contribution >= 0.6 is 0 Å². The molecule has 0 N–H and O–H groups in total. The molecule has 60 heavy (non-hydrogen) atoms. The van der Waals surface area contributed by atoms with Gasteiger partial charge < -0.3 is 0 Å². The van der Waals surface area contributed by atoms with Crippen molar-refractivity contribution in [2.24, 2.45) is 0 Å². The average Bonchev–Trinajstić information content (AvgIpc) is 3.55. The molecule has 3 heteroatoms. The summed E-state index contributed by atoms with van der Waals surface area (Å²) in [6.07, 6.45) is 2.18. The summed E-state index contributed by atoms with van der Waals surface area (Å²) < 4.78 is 0. The summed E-state index contributed by atoms with van der Waals surface area (Å²) in [6.45, 7) is 6.86. The molecule has 0 spiro atoms. The fourth-order valence-corrected chi connectivity index (χ4v) is 8.83. The van der Waals surface area contributed by atoms with Crippen molar-refractivity contribution in [1.29, 1.82) is 0 Å². The molecule has 1 aliphatic rings. The molecule has 0 saturated carbocycles. The van der Waals surface area contributed by atoms with Gasteiger partial charge in [0.2, 0.25) is 0 Å². The SMILES string of the molecule is CCCc1ccc(-c2cc(-c3ccccc3)cc(-c3nc(-c4cc(-c5ccccc5)cc(-c5ccccc5)c4)nc(-c4ccc5c(c4)C(C)(C)c4ccccc4-5)n3)c2)cc1. The van der Waals surface area contributed by atoms with Gasteiger partial charge in [-0.2, -0.15) is 0 Å². The number of aromatic nitrogens is 3. The Morgan fingerprint density at radius 3 is 1.20 bits per heavy atom. The van der Waals surface area contributed by atoms with Gasteiger partial charge in [-0.05, 0) is 121 Å². The number of hydrogen-bond donors (Lipinski definition) is 0. The lowest BCUT2D eigenvalue weighted by Crippen LogP contribution is -2.15. The van der Waals surface area contributed by atoms with Gasteiger partial charge in [-0.1, -0.05) is 179 Å². The first-order valence-electron chi connectivity index (χ1n) is 21.0. The topological polar surface area (TPSA) is 38.7 Å². The minimum absolute atomic E-state index is 0.166. The van der Waals surface area contributed by atoms with Crippen LogP contribution in [0.25, 0.3) is 89.8 Å². The maximum absolute atomic E-state index is 5.39. The molecule has 3 nitrogen and oxygen atoms in total. The van der Waals surface area contributed by atoms with Gasteiger partial charge in [0.1, 0.15) is 0 Å². The number of nitrogens with zero attached hydrogens (tertiary/aromatic N) is 3. The van der Waals surface area contributed by atoms with Gasteiger partial charge in [0, 0.05) is 22.1 Å². The van der Waals surface area contributed by atoms with Crippen LogP contribution in [0.15, 0.2) is 194 Å². The zero-order chi connectivity index (χ0) is 40.6. The second-order valence-corrected chi connectivity index (χ2v) is 16.4. The van der Waals surface area contributed by atoms with Gasteiger partial charge in [0.25, 0.3) is 0 Å². The zero-order valence-electron chi connectivity index (χ0n) is 34.2. The third kappa shape index (κ3) is 7.03. The van der Waals surface area contributed by atoms with Gasteiger partial charge in [-0.25, -0.2) is 15.0 Å². The molecule has 0 fully saturated rings. The highest BCUT2D eigenvalue weighted by molar-refractivity contribution is 5.85. The van der Waals surface area contributed by atoms with Crippen molar-refractivity contribution in [3.63, 3.8) is 0 Å². The van der Waals surface area contributed by atoms with Crippen LogP contribution in [-0.2, 0) is 11.8 Å². The van der Waals surface area contributed by atoms with Crippen LogP contribution < -0.4 is 0 Å². The quantitative estimate of drug-likeness (QED) is 0.147. The second-order valence-electron chi connectivity index (χ2n) is 16.4. The summed E-state index contributed by atoms with van der Waals surface area (Å²) in [5.41, 5.74) is 18.2. The third-order valence-corrected chi connectivity index (χ3v) is 12.0. The number of aryl methyl sites for hydroxylation is 1. The third-order valence-electron chi connectivity index (χ3n) is 12.0. The maximum Gasteiger partial charge on any atom is 0.164 e. The van der Waals surface area contributed by atoms with E-state index in [0.717, 1.165) is 74.0 Å². The Labute approximate surface area is 353 Å². The summed E-state index contributed by atoms with van der Waals surface area (Å²) in [5.74, 6) is 1.90. The molecular formula is C57H45N3. The first-order valence-corrected chi connectivity index (χ1v) is 21.0. The van der Waals surface area contributed by atoms with E-state index in [9.17, 15) is 0 Å². The highest BCUT2D eigenvalue weighted by atomic mass is 15.0. The van der Waals surface area contributed by atoms with Crippen molar-refractivity contribution in [3.8, 4) is 89.8 Å². The summed E-state index contributed by atoms with van der Waals surface area (Å²) >= 11 is 0. The lowest BCUT2D eigenvalue weighted by atomic mass is 9.82. The van der Waals surface area contributed by atoms with Crippen molar-refractivity contribution in [2.75, 3.05) is 0 Å². The van der Waals surface area contributed by atoms with Gasteiger partial charge in [0.15, 0.2) is 17.5 Å². The Bertz CT molecular complexity index is 2930. The van der Waals surface area contributed by atoms with E-state index in [1.54, 1.807) is 0 Å². The molecule has 1 aromatic heterocycles. The predicted octanol–water partition coefficient (Wildman–Crippen LogP) is 14.8. The molecule has 1 heterocycles. The summed E-state index contributed by atoms with van der Waals surface area (Å²) in [5, 5.41) is 0. The second kappa shape index (κ2) is 15.5. The predicted molar refractivity (Wildman–Crippen MR) is 249 cm³/mol. The normalized spacial score (nSPS) is 12.5. The molecule has 0 atom stereocenters. The van der Waals surface area contributed by atoms with Crippen molar-refractivity contribution in [3.05, 3.63) is 211 Å². The van der Waals surface area contributed by atoms with Crippen molar-refractivity contribution >= 4 is 0 Å². The van der Waals surface area contributed by atoms with E-state index >= 15 is 0 Å². The highest BCUT2D eigenvalue weighted by Gasteiger charge is 2.35. The Balaban J connectivity index is 1.20. The fourth-order valence-electron chi connectivity index (χ4n) is 8.83. The Morgan fingerprint density at radius 2 is 0.717 bits per heavy atom. The average molecular weight is 772 g/mol. The molecule has 0 bridgehead atoms. The van der Waals surface area contributed by atoms with Crippen LogP contribution in [0.3, 0.4) is 0 Å². The van der Waals surface area contributed by atoms with Crippen LogP contribution in [0.5, 0.6) is 0 Å². The molecule has 0 unspecified atom stereocenters. The Kier molecular flexibility index (Phi) is 9.58. The number of fused-ring (bicyclic) bond motifs is 3. The molecular weight excluding hydrogens is 727 g/mol. The van der Waals surface area contributed by atoms with Gasteiger partial charge >= 0.3 is 0 Å². The summed E-state index contributed by atoms with van der Waals surface area (Å²) in [7, 11) is 0. The zero-order valence-corrected chi connectivity index (χ0v) is 34.2. The summed E-state index contributed by atoms with van der Waals surface area (Å²) in [6, 6.07) is 69.7. The molecule has 0 saturated heterocycles. The van der Waals surface area contributed by atoms with Crippen LogP contribution in [-0.4, -0.2) is 15.0 Å². The highest BCUT2D eigenvalue weighted by Crippen LogP contribution is 2.49. The molecule has 288 valence electrons. The van der Waals surface area contributed by atoms with Gasteiger partial charge in [0.05, 0.1) is 0 Å². The minimum atomic E-state index is -0.166. The van der Waals surface area contributed by atoms with Crippen LogP contribution in [0.4, 0.5) is 0 Å². The smallest absolute Gasteiger partial charge is 0.164 e. The van der Waals surface area contributed by atoms with Crippen LogP contribution in [0.2, 0.25) is 0 Å². The molecule has 9 aromatic rings. The molecule has 0 amide bonds. The first-order chi connectivity index (χ1) is 29.4. The largest absolute Gasteiger partial charge is 0.208 e. The monoisotopic (exact) mass is 771 g/mol. The number of benzene rings is 8. The minimum Gasteiger partial charge on any atom is -0.208 e. The van der Waals surface area contributed by atoms with Crippen molar-refractivity contribution < 1.29 is 0 Å². The molecule has 0 radical (unpaired) electrons.